The molecule has 114 valence electrons. The molecule has 1 aromatic carbocycles. The lowest BCUT2D eigenvalue weighted by Gasteiger charge is -2.26. The Morgan fingerprint density at radius 2 is 1.95 bits per heavy atom. The number of nitrogens with one attached hydrogen (secondary N) is 1. The number of nitrogens with zero attached hydrogens (tertiary/aromatic N) is 1. The number of benzene rings is 1. The summed E-state index contributed by atoms with van der Waals surface area (Å²) >= 11 is 0. The lowest BCUT2D eigenvalue weighted by atomic mass is 10.1. The number of amides is 2. The molecule has 1 aliphatic heterocycles. The average molecular weight is 289 g/mol. The number of piperidine rings is 1. The van der Waals surface area contributed by atoms with Gasteiger partial charge in [-0.25, -0.2) is 0 Å². The van der Waals surface area contributed by atoms with Crippen molar-refractivity contribution in [2.45, 2.75) is 32.6 Å². The van der Waals surface area contributed by atoms with Crippen molar-refractivity contribution in [2.24, 2.45) is 0 Å². The molecule has 0 unspecified atom stereocenters. The zero-order valence-electron chi connectivity index (χ0n) is 12.5. The fraction of sp³-hybridized carbons (Fsp3) is 0.500. The van der Waals surface area contributed by atoms with Gasteiger partial charge in [0, 0.05) is 37.3 Å². The molecule has 1 aromatic rings. The fourth-order valence-electron chi connectivity index (χ4n) is 2.47. The van der Waals surface area contributed by atoms with Gasteiger partial charge >= 0.3 is 0 Å². The van der Waals surface area contributed by atoms with Crippen LogP contribution in [-0.2, 0) is 4.79 Å². The predicted octanol–water partition coefficient (Wildman–Crippen LogP) is 1.71. The van der Waals surface area contributed by atoms with Gasteiger partial charge in [-0.2, -0.15) is 0 Å². The Kier molecular flexibility index (Phi) is 5.20. The minimum atomic E-state index is -0.187. The average Bonchev–Trinajstić information content (AvgIpc) is 2.50. The van der Waals surface area contributed by atoms with Gasteiger partial charge in [-0.15, -0.1) is 0 Å². The van der Waals surface area contributed by atoms with Gasteiger partial charge in [0.05, 0.1) is 0 Å². The van der Waals surface area contributed by atoms with Crippen LogP contribution in [0.15, 0.2) is 18.2 Å². The van der Waals surface area contributed by atoms with Gasteiger partial charge in [-0.1, -0.05) is 6.07 Å². The second kappa shape index (κ2) is 7.11. The summed E-state index contributed by atoms with van der Waals surface area (Å²) in [4.78, 5) is 25.8. The van der Waals surface area contributed by atoms with Crippen molar-refractivity contribution in [3.8, 4) is 0 Å². The number of likely N-dealkylation sites (tertiary alicyclic amines) is 1. The summed E-state index contributed by atoms with van der Waals surface area (Å²) < 4.78 is 0. The Hall–Kier alpha value is -2.04. The van der Waals surface area contributed by atoms with E-state index in [1.807, 2.05) is 17.9 Å². The van der Waals surface area contributed by atoms with Crippen LogP contribution in [-0.4, -0.2) is 36.3 Å². The fourth-order valence-corrected chi connectivity index (χ4v) is 2.47. The van der Waals surface area contributed by atoms with E-state index < -0.39 is 0 Å². The lowest BCUT2D eigenvalue weighted by molar-refractivity contribution is -0.131. The summed E-state index contributed by atoms with van der Waals surface area (Å²) in [6, 6.07) is 5.23. The minimum absolute atomic E-state index is 0.124. The van der Waals surface area contributed by atoms with Gasteiger partial charge in [0.2, 0.25) is 5.91 Å². The third-order valence-corrected chi connectivity index (χ3v) is 3.87. The number of hydrogen-bond donors (Lipinski definition) is 2. The first-order chi connectivity index (χ1) is 10.1. The molecule has 1 fully saturated rings. The van der Waals surface area contributed by atoms with E-state index in [9.17, 15) is 9.59 Å². The van der Waals surface area contributed by atoms with E-state index in [2.05, 4.69) is 5.32 Å². The van der Waals surface area contributed by atoms with E-state index in [-0.39, 0.29) is 11.8 Å². The lowest BCUT2D eigenvalue weighted by Crippen LogP contribution is -2.37. The third kappa shape index (κ3) is 4.21. The van der Waals surface area contributed by atoms with Crippen LogP contribution in [0.2, 0.25) is 0 Å². The molecule has 0 bridgehead atoms. The van der Waals surface area contributed by atoms with E-state index in [1.54, 1.807) is 12.1 Å². The van der Waals surface area contributed by atoms with E-state index in [0.717, 1.165) is 31.5 Å². The normalized spacial score (nSPS) is 14.8. The highest BCUT2D eigenvalue weighted by Crippen LogP contribution is 2.13. The highest BCUT2D eigenvalue weighted by atomic mass is 16.2. The van der Waals surface area contributed by atoms with Crippen molar-refractivity contribution in [1.82, 2.24) is 10.2 Å². The Labute approximate surface area is 125 Å². The molecule has 1 saturated heterocycles. The number of carbonyl (C=O) groups excluding carboxylic acids is 2. The minimum Gasteiger partial charge on any atom is -0.398 e. The third-order valence-electron chi connectivity index (χ3n) is 3.87. The molecule has 5 nitrogen and oxygen atoms in total. The van der Waals surface area contributed by atoms with Gasteiger partial charge in [-0.05, 0) is 43.9 Å². The van der Waals surface area contributed by atoms with Gasteiger partial charge in [-0.3, -0.25) is 9.59 Å². The maximum absolute atomic E-state index is 12.0. The molecular formula is C16H23N3O2. The van der Waals surface area contributed by atoms with Crippen molar-refractivity contribution in [3.05, 3.63) is 29.3 Å². The summed E-state index contributed by atoms with van der Waals surface area (Å²) in [5, 5.41) is 2.77. The van der Waals surface area contributed by atoms with Crippen LogP contribution in [0.25, 0.3) is 0 Å². The zero-order valence-corrected chi connectivity index (χ0v) is 12.5. The summed E-state index contributed by atoms with van der Waals surface area (Å²) in [5.74, 6) is -0.0634. The molecule has 0 aliphatic carbocycles. The molecule has 0 atom stereocenters. The highest BCUT2D eigenvalue weighted by Gasteiger charge is 2.16. The number of anilines is 1. The quantitative estimate of drug-likeness (QED) is 0.829. The summed E-state index contributed by atoms with van der Waals surface area (Å²) in [6.07, 6.45) is 3.73. The van der Waals surface area contributed by atoms with Crippen LogP contribution >= 0.6 is 0 Å². The number of nitrogen functional groups attached to an aromatic ring is 1. The second-order valence-electron chi connectivity index (χ2n) is 5.52. The van der Waals surface area contributed by atoms with Crippen LogP contribution in [0, 0.1) is 6.92 Å². The van der Waals surface area contributed by atoms with Crippen molar-refractivity contribution < 1.29 is 9.59 Å². The number of nitrogens with two attached hydrogens (primary N) is 1. The number of hydrogen-bond acceptors (Lipinski definition) is 3. The van der Waals surface area contributed by atoms with Crippen LogP contribution in [0.1, 0.15) is 41.6 Å². The first kappa shape index (κ1) is 15.4. The summed E-state index contributed by atoms with van der Waals surface area (Å²) in [6.45, 7) is 3.96. The number of carbonyl (C=O) groups is 2. The van der Waals surface area contributed by atoms with Gasteiger partial charge in [0.15, 0.2) is 0 Å². The van der Waals surface area contributed by atoms with Gasteiger partial charge in [0.25, 0.3) is 5.91 Å². The monoisotopic (exact) mass is 289 g/mol. The molecule has 0 saturated carbocycles. The van der Waals surface area contributed by atoms with Crippen LogP contribution in [0.5, 0.6) is 0 Å². The zero-order chi connectivity index (χ0) is 15.2. The smallest absolute Gasteiger partial charge is 0.251 e. The van der Waals surface area contributed by atoms with Crippen LogP contribution in [0.4, 0.5) is 5.69 Å². The van der Waals surface area contributed by atoms with E-state index in [0.29, 0.717) is 24.2 Å². The van der Waals surface area contributed by atoms with Crippen LogP contribution in [0.3, 0.4) is 0 Å². The van der Waals surface area contributed by atoms with Gasteiger partial charge < -0.3 is 16.0 Å². The van der Waals surface area contributed by atoms with Gasteiger partial charge in [0.1, 0.15) is 0 Å². The van der Waals surface area contributed by atoms with E-state index in [1.165, 1.54) is 6.42 Å². The SMILES string of the molecule is Cc1ccc(C(=O)NCCC(=O)N2CCCCC2)cc1N. The predicted molar refractivity (Wildman–Crippen MR) is 83.0 cm³/mol. The van der Waals surface area contributed by atoms with Crippen LogP contribution < -0.4 is 11.1 Å². The summed E-state index contributed by atoms with van der Waals surface area (Å²) in [5.41, 5.74) is 7.88. The first-order valence-electron chi connectivity index (χ1n) is 7.50. The molecule has 1 heterocycles. The maximum Gasteiger partial charge on any atom is 0.251 e. The topological polar surface area (TPSA) is 75.4 Å². The molecule has 0 spiro atoms. The van der Waals surface area contributed by atoms with Crippen molar-refractivity contribution in [3.63, 3.8) is 0 Å². The highest BCUT2D eigenvalue weighted by molar-refractivity contribution is 5.95. The largest absolute Gasteiger partial charge is 0.398 e. The first-order valence-corrected chi connectivity index (χ1v) is 7.50. The Bertz CT molecular complexity index is 522. The molecule has 21 heavy (non-hydrogen) atoms. The Morgan fingerprint density at radius 3 is 2.62 bits per heavy atom. The molecule has 0 aromatic heterocycles. The van der Waals surface area contributed by atoms with E-state index in [4.69, 9.17) is 5.73 Å². The molecule has 0 radical (unpaired) electrons. The van der Waals surface area contributed by atoms with E-state index >= 15 is 0 Å². The Balaban J connectivity index is 1.78. The standard InChI is InChI=1S/C16H23N3O2/c1-12-5-6-13(11-14(12)17)16(21)18-8-7-15(20)19-9-3-2-4-10-19/h5-6,11H,2-4,7-10,17H2,1H3,(H,18,21). The summed E-state index contributed by atoms with van der Waals surface area (Å²) in [7, 11) is 0. The van der Waals surface area contributed by atoms with Crippen molar-refractivity contribution >= 4 is 17.5 Å². The molecule has 3 N–H and O–H groups in total. The second-order valence-corrected chi connectivity index (χ2v) is 5.52. The molecule has 5 heteroatoms. The molecule has 2 rings (SSSR count). The van der Waals surface area contributed by atoms with Crippen molar-refractivity contribution in [2.75, 3.05) is 25.4 Å². The molecular weight excluding hydrogens is 266 g/mol. The Morgan fingerprint density at radius 1 is 1.24 bits per heavy atom. The molecule has 1 aliphatic rings. The number of rotatable bonds is 4. The van der Waals surface area contributed by atoms with Crippen molar-refractivity contribution in [1.29, 1.82) is 0 Å². The number of aryl methyl sites for hydroxylation is 1. The maximum atomic E-state index is 12.0. The molecule has 2 amide bonds.